The summed E-state index contributed by atoms with van der Waals surface area (Å²) in [6.07, 6.45) is 4.10. The third-order valence-corrected chi connectivity index (χ3v) is 2.70. The number of likely N-dealkylation sites (tertiary alicyclic amines) is 1. The van der Waals surface area contributed by atoms with E-state index in [9.17, 15) is 0 Å². The smallest absolute Gasteiger partial charge is 0.0502 e. The number of rotatable bonds is 3. The topological polar surface area (TPSA) is 12.5 Å². The lowest BCUT2D eigenvalue weighted by Gasteiger charge is -2.21. The van der Waals surface area contributed by atoms with Crippen LogP contribution in [-0.4, -0.2) is 38.3 Å². The molecule has 0 bridgehead atoms. The van der Waals surface area contributed by atoms with Crippen molar-refractivity contribution in [1.82, 2.24) is 4.90 Å². The number of hydrogen-bond acceptors (Lipinski definition) is 2. The van der Waals surface area contributed by atoms with Gasteiger partial charge in [-0.15, -0.1) is 0 Å². The van der Waals surface area contributed by atoms with Crippen LogP contribution in [0.5, 0.6) is 0 Å². The zero-order valence-electron chi connectivity index (χ0n) is 8.38. The van der Waals surface area contributed by atoms with E-state index in [1.54, 1.807) is 7.11 Å². The lowest BCUT2D eigenvalue weighted by atomic mass is 10.1. The fraction of sp³-hybridized carbons (Fsp3) is 1.00. The van der Waals surface area contributed by atoms with Crippen molar-refractivity contribution in [2.24, 2.45) is 5.92 Å². The van der Waals surface area contributed by atoms with E-state index >= 15 is 0 Å². The molecular formula is C10H21NO. The van der Waals surface area contributed by atoms with E-state index in [1.165, 1.54) is 38.9 Å². The van der Waals surface area contributed by atoms with Gasteiger partial charge in [-0.3, -0.25) is 0 Å². The van der Waals surface area contributed by atoms with Crippen LogP contribution in [0.1, 0.15) is 26.2 Å². The molecule has 1 fully saturated rings. The van der Waals surface area contributed by atoms with E-state index in [4.69, 9.17) is 4.74 Å². The van der Waals surface area contributed by atoms with E-state index < -0.39 is 0 Å². The molecule has 1 aliphatic rings. The summed E-state index contributed by atoms with van der Waals surface area (Å²) in [5.41, 5.74) is 0. The van der Waals surface area contributed by atoms with Crippen LogP contribution >= 0.6 is 0 Å². The van der Waals surface area contributed by atoms with Crippen molar-refractivity contribution >= 4 is 0 Å². The molecule has 1 heterocycles. The third kappa shape index (κ3) is 3.11. The number of hydrogen-bond donors (Lipinski definition) is 0. The van der Waals surface area contributed by atoms with Gasteiger partial charge in [0.25, 0.3) is 0 Å². The highest BCUT2D eigenvalue weighted by atomic mass is 16.5. The van der Waals surface area contributed by atoms with Crippen molar-refractivity contribution in [3.63, 3.8) is 0 Å². The van der Waals surface area contributed by atoms with Crippen molar-refractivity contribution in [3.05, 3.63) is 0 Å². The van der Waals surface area contributed by atoms with Crippen LogP contribution in [0.4, 0.5) is 0 Å². The van der Waals surface area contributed by atoms with Gasteiger partial charge in [-0.05, 0) is 31.8 Å². The minimum Gasteiger partial charge on any atom is -0.384 e. The van der Waals surface area contributed by atoms with Gasteiger partial charge in [-0.2, -0.15) is 0 Å². The Labute approximate surface area is 75.9 Å². The molecule has 1 atom stereocenters. The van der Waals surface area contributed by atoms with E-state index in [0.29, 0.717) is 0 Å². The zero-order chi connectivity index (χ0) is 8.81. The second-order valence-electron chi connectivity index (χ2n) is 3.71. The quantitative estimate of drug-likeness (QED) is 0.641. The van der Waals surface area contributed by atoms with E-state index in [1.807, 2.05) is 0 Å². The molecule has 0 radical (unpaired) electrons. The van der Waals surface area contributed by atoms with Gasteiger partial charge in [0.2, 0.25) is 0 Å². The summed E-state index contributed by atoms with van der Waals surface area (Å²) in [5.74, 6) is 0.775. The standard InChI is InChI=1S/C10H21NO/c1-3-11-7-5-4-6-10(8-11)9-12-2/h10H,3-9H2,1-2H3. The minimum atomic E-state index is 0.775. The summed E-state index contributed by atoms with van der Waals surface area (Å²) in [6.45, 7) is 6.91. The highest BCUT2D eigenvalue weighted by Crippen LogP contribution is 2.16. The molecule has 0 aliphatic carbocycles. The summed E-state index contributed by atoms with van der Waals surface area (Å²) in [6, 6.07) is 0. The van der Waals surface area contributed by atoms with Crippen molar-refractivity contribution < 1.29 is 4.74 Å². The SMILES string of the molecule is CCN1CCCCC(COC)C1. The molecule has 1 saturated heterocycles. The molecule has 0 N–H and O–H groups in total. The van der Waals surface area contributed by atoms with Crippen molar-refractivity contribution in [2.75, 3.05) is 33.4 Å². The van der Waals surface area contributed by atoms with Crippen LogP contribution in [0.3, 0.4) is 0 Å². The predicted octanol–water partition coefficient (Wildman–Crippen LogP) is 1.75. The molecule has 0 spiro atoms. The molecule has 0 aromatic carbocycles. The Hall–Kier alpha value is -0.0800. The number of ether oxygens (including phenoxy) is 1. The maximum atomic E-state index is 5.20. The predicted molar refractivity (Wildman–Crippen MR) is 51.3 cm³/mol. The monoisotopic (exact) mass is 171 g/mol. The van der Waals surface area contributed by atoms with Crippen LogP contribution in [0.15, 0.2) is 0 Å². The normalized spacial score (nSPS) is 27.0. The first-order valence-corrected chi connectivity index (χ1v) is 5.08. The van der Waals surface area contributed by atoms with Crippen LogP contribution < -0.4 is 0 Å². The summed E-state index contributed by atoms with van der Waals surface area (Å²) < 4.78 is 5.20. The Morgan fingerprint density at radius 3 is 2.92 bits per heavy atom. The summed E-state index contributed by atoms with van der Waals surface area (Å²) in [4.78, 5) is 2.54. The van der Waals surface area contributed by atoms with E-state index in [0.717, 1.165) is 12.5 Å². The largest absolute Gasteiger partial charge is 0.384 e. The Bertz CT molecular complexity index is 116. The lowest BCUT2D eigenvalue weighted by molar-refractivity contribution is 0.127. The fourth-order valence-electron chi connectivity index (χ4n) is 1.98. The molecule has 2 heteroatoms. The second-order valence-corrected chi connectivity index (χ2v) is 3.71. The maximum absolute atomic E-state index is 5.20. The molecule has 2 nitrogen and oxygen atoms in total. The van der Waals surface area contributed by atoms with Gasteiger partial charge in [0.1, 0.15) is 0 Å². The Balaban J connectivity index is 2.31. The summed E-state index contributed by atoms with van der Waals surface area (Å²) in [7, 11) is 1.81. The average molecular weight is 171 g/mol. The second kappa shape index (κ2) is 5.55. The lowest BCUT2D eigenvalue weighted by Crippen LogP contribution is -2.29. The molecule has 0 aromatic heterocycles. The fourth-order valence-corrected chi connectivity index (χ4v) is 1.98. The van der Waals surface area contributed by atoms with Gasteiger partial charge in [-0.1, -0.05) is 13.3 Å². The molecule has 72 valence electrons. The maximum Gasteiger partial charge on any atom is 0.0502 e. The van der Waals surface area contributed by atoms with E-state index in [-0.39, 0.29) is 0 Å². The number of nitrogens with zero attached hydrogens (tertiary/aromatic N) is 1. The molecule has 12 heavy (non-hydrogen) atoms. The average Bonchev–Trinajstić information content (AvgIpc) is 2.30. The first kappa shape index (κ1) is 10.0. The molecule has 1 aliphatic heterocycles. The highest BCUT2D eigenvalue weighted by Gasteiger charge is 2.16. The van der Waals surface area contributed by atoms with Crippen molar-refractivity contribution in [2.45, 2.75) is 26.2 Å². The van der Waals surface area contributed by atoms with Gasteiger partial charge < -0.3 is 9.64 Å². The van der Waals surface area contributed by atoms with Crippen LogP contribution in [0.2, 0.25) is 0 Å². The minimum absolute atomic E-state index is 0.775. The number of methoxy groups -OCH3 is 1. The Morgan fingerprint density at radius 2 is 2.25 bits per heavy atom. The highest BCUT2D eigenvalue weighted by molar-refractivity contribution is 4.69. The summed E-state index contributed by atoms with van der Waals surface area (Å²) >= 11 is 0. The van der Waals surface area contributed by atoms with Gasteiger partial charge in [0, 0.05) is 13.7 Å². The van der Waals surface area contributed by atoms with Gasteiger partial charge >= 0.3 is 0 Å². The van der Waals surface area contributed by atoms with Crippen molar-refractivity contribution in [1.29, 1.82) is 0 Å². The first-order valence-electron chi connectivity index (χ1n) is 5.08. The van der Waals surface area contributed by atoms with Gasteiger partial charge in [0.05, 0.1) is 6.61 Å². The molecule has 0 amide bonds. The van der Waals surface area contributed by atoms with Crippen LogP contribution in [-0.2, 0) is 4.74 Å². The van der Waals surface area contributed by atoms with Gasteiger partial charge in [0.15, 0.2) is 0 Å². The van der Waals surface area contributed by atoms with Crippen molar-refractivity contribution in [3.8, 4) is 0 Å². The van der Waals surface area contributed by atoms with E-state index in [2.05, 4.69) is 11.8 Å². The molecule has 0 saturated carbocycles. The molecule has 1 rings (SSSR count). The molecule has 0 aromatic rings. The van der Waals surface area contributed by atoms with Crippen LogP contribution in [0, 0.1) is 5.92 Å². The molecule has 1 unspecified atom stereocenters. The first-order chi connectivity index (χ1) is 5.86. The summed E-state index contributed by atoms with van der Waals surface area (Å²) in [5, 5.41) is 0. The molecular weight excluding hydrogens is 150 g/mol. The van der Waals surface area contributed by atoms with Crippen LogP contribution in [0.25, 0.3) is 0 Å². The van der Waals surface area contributed by atoms with Gasteiger partial charge in [-0.25, -0.2) is 0 Å². The Morgan fingerprint density at radius 1 is 1.42 bits per heavy atom. The Kier molecular flexibility index (Phi) is 4.62. The third-order valence-electron chi connectivity index (χ3n) is 2.70. The zero-order valence-corrected chi connectivity index (χ0v) is 8.38.